The molecule has 0 aliphatic heterocycles. The van der Waals surface area contributed by atoms with Crippen LogP contribution >= 0.6 is 0 Å². The molecule has 0 fully saturated rings. The van der Waals surface area contributed by atoms with Crippen molar-refractivity contribution >= 4 is 29.2 Å². The number of aryl methyl sites for hydroxylation is 1. The Hall–Kier alpha value is -3.89. The molecule has 206 valence electrons. The molecule has 0 aliphatic carbocycles. The number of imidazole rings is 1. The van der Waals surface area contributed by atoms with Crippen molar-refractivity contribution in [3.8, 4) is 0 Å². The van der Waals surface area contributed by atoms with Gasteiger partial charge in [-0.2, -0.15) is 0 Å². The molecule has 0 aliphatic rings. The first-order chi connectivity index (χ1) is 18.1. The highest BCUT2D eigenvalue weighted by Gasteiger charge is 2.26. The van der Waals surface area contributed by atoms with Crippen LogP contribution < -0.4 is 16.2 Å². The molecule has 0 saturated heterocycles. The van der Waals surface area contributed by atoms with E-state index in [4.69, 9.17) is 0 Å². The Morgan fingerprint density at radius 3 is 2.37 bits per heavy atom. The average molecular weight is 528 g/mol. The van der Waals surface area contributed by atoms with E-state index < -0.39 is 35.0 Å². The summed E-state index contributed by atoms with van der Waals surface area (Å²) >= 11 is 0. The highest BCUT2D eigenvalue weighted by atomic mass is 16.2. The number of rotatable bonds is 16. The van der Waals surface area contributed by atoms with Crippen molar-refractivity contribution in [3.63, 3.8) is 0 Å². The number of carbonyl (C=O) groups excluding carboxylic acids is 5. The second kappa shape index (κ2) is 14.7. The number of nitrogens with zero attached hydrogens (tertiary/aromatic N) is 3. The third-order valence-electron chi connectivity index (χ3n) is 6.68. The van der Waals surface area contributed by atoms with Gasteiger partial charge in [-0.15, -0.1) is 0 Å². The third kappa shape index (κ3) is 8.60. The van der Waals surface area contributed by atoms with E-state index in [1.165, 1.54) is 41.0 Å². The number of amides is 2. The normalized spacial score (nSPS) is 11.7. The molecule has 1 atom stereocenters. The fourth-order valence-corrected chi connectivity index (χ4v) is 4.14. The summed E-state index contributed by atoms with van der Waals surface area (Å²) in [5, 5.41) is 4.84. The van der Waals surface area contributed by atoms with Gasteiger partial charge in [0.1, 0.15) is 5.69 Å². The van der Waals surface area contributed by atoms with Gasteiger partial charge in [0.2, 0.25) is 5.78 Å². The van der Waals surface area contributed by atoms with Crippen molar-refractivity contribution in [1.82, 2.24) is 24.8 Å². The molecule has 38 heavy (non-hydrogen) atoms. The summed E-state index contributed by atoms with van der Waals surface area (Å²) in [5.74, 6) is -2.20. The quantitative estimate of drug-likeness (QED) is 0.313. The minimum atomic E-state index is -1.12. The van der Waals surface area contributed by atoms with Crippen LogP contribution in [0.1, 0.15) is 68.4 Å². The van der Waals surface area contributed by atoms with Crippen molar-refractivity contribution in [2.24, 2.45) is 13.0 Å². The van der Waals surface area contributed by atoms with E-state index in [0.29, 0.717) is 12.3 Å². The summed E-state index contributed by atoms with van der Waals surface area (Å²) in [6, 6.07) is 1.97. The maximum atomic E-state index is 13.2. The largest absolute Gasteiger partial charge is 0.353 e. The Labute approximate surface area is 222 Å². The Balaban J connectivity index is 2.16. The number of carbonyl (C=O) groups is 5. The van der Waals surface area contributed by atoms with Crippen molar-refractivity contribution in [1.29, 1.82) is 0 Å². The van der Waals surface area contributed by atoms with Crippen molar-refractivity contribution in [2.75, 3.05) is 7.05 Å². The molecule has 0 unspecified atom stereocenters. The predicted molar refractivity (Wildman–Crippen MR) is 140 cm³/mol. The molecule has 2 heterocycles. The molecule has 2 N–H and O–H groups in total. The molecule has 0 bridgehead atoms. The number of hydrogen-bond acceptors (Lipinski definition) is 7. The van der Waals surface area contributed by atoms with Crippen LogP contribution in [0.25, 0.3) is 0 Å². The van der Waals surface area contributed by atoms with E-state index in [1.54, 1.807) is 13.1 Å². The first-order valence-corrected chi connectivity index (χ1v) is 12.9. The maximum Gasteiger partial charge on any atom is 0.287 e. The van der Waals surface area contributed by atoms with Crippen LogP contribution in [0.15, 0.2) is 35.6 Å². The van der Waals surface area contributed by atoms with E-state index in [0.717, 1.165) is 19.3 Å². The van der Waals surface area contributed by atoms with E-state index in [9.17, 15) is 28.8 Å². The summed E-state index contributed by atoms with van der Waals surface area (Å²) in [4.78, 5) is 79.0. The number of hydrogen-bond donors (Lipinski definition) is 2. The van der Waals surface area contributed by atoms with Crippen LogP contribution in [0.2, 0.25) is 0 Å². The zero-order chi connectivity index (χ0) is 28.2. The maximum absolute atomic E-state index is 13.2. The van der Waals surface area contributed by atoms with Crippen LogP contribution in [0.3, 0.4) is 0 Å². The summed E-state index contributed by atoms with van der Waals surface area (Å²) in [6.45, 7) is 4.09. The summed E-state index contributed by atoms with van der Waals surface area (Å²) in [5.41, 5.74) is -0.0908. The lowest BCUT2D eigenvalue weighted by Crippen LogP contribution is -2.43. The van der Waals surface area contributed by atoms with Crippen LogP contribution in [0.5, 0.6) is 0 Å². The number of Topliss-reactive ketones (excluding diaryl/α,β-unsaturated/α-hetero) is 3. The van der Waals surface area contributed by atoms with Gasteiger partial charge in [-0.25, -0.2) is 4.98 Å². The summed E-state index contributed by atoms with van der Waals surface area (Å²) in [7, 11) is 2.94. The zero-order valence-electron chi connectivity index (χ0n) is 22.5. The first-order valence-electron chi connectivity index (χ1n) is 12.9. The molecular weight excluding hydrogens is 490 g/mol. The second-order valence-corrected chi connectivity index (χ2v) is 9.33. The molecule has 0 aromatic carbocycles. The zero-order valence-corrected chi connectivity index (χ0v) is 22.5. The van der Waals surface area contributed by atoms with E-state index in [2.05, 4.69) is 29.5 Å². The van der Waals surface area contributed by atoms with E-state index in [-0.39, 0.29) is 42.8 Å². The van der Waals surface area contributed by atoms with Gasteiger partial charge >= 0.3 is 0 Å². The Morgan fingerprint density at radius 1 is 1.05 bits per heavy atom. The fourth-order valence-electron chi connectivity index (χ4n) is 4.14. The van der Waals surface area contributed by atoms with Gasteiger partial charge in [-0.3, -0.25) is 28.8 Å². The number of likely N-dealkylation sites (N-methyl/N-ethyl adjacent to an activating group) is 1. The molecule has 11 heteroatoms. The Bertz CT molecular complexity index is 1210. The second-order valence-electron chi connectivity index (χ2n) is 9.33. The summed E-state index contributed by atoms with van der Waals surface area (Å²) in [6.07, 6.45) is 6.71. The Kier molecular flexibility index (Phi) is 11.8. The van der Waals surface area contributed by atoms with Gasteiger partial charge in [-0.05, 0) is 24.8 Å². The van der Waals surface area contributed by atoms with Crippen LogP contribution in [0, 0.1) is 5.92 Å². The van der Waals surface area contributed by atoms with Gasteiger partial charge in [0.25, 0.3) is 17.4 Å². The van der Waals surface area contributed by atoms with Gasteiger partial charge in [-0.1, -0.05) is 32.8 Å². The number of aromatic nitrogens is 3. The van der Waals surface area contributed by atoms with E-state index >= 15 is 0 Å². The molecule has 0 saturated carbocycles. The van der Waals surface area contributed by atoms with Crippen LogP contribution in [-0.4, -0.2) is 56.4 Å². The molecule has 0 spiro atoms. The van der Waals surface area contributed by atoms with Gasteiger partial charge < -0.3 is 19.8 Å². The average Bonchev–Trinajstić information content (AvgIpc) is 3.34. The highest BCUT2D eigenvalue weighted by molar-refractivity contribution is 6.36. The van der Waals surface area contributed by atoms with Gasteiger partial charge in [0, 0.05) is 45.1 Å². The van der Waals surface area contributed by atoms with E-state index in [1.807, 2.05) is 0 Å². The third-order valence-corrected chi connectivity index (χ3v) is 6.68. The Morgan fingerprint density at radius 2 is 1.76 bits per heavy atom. The number of pyridine rings is 1. The topological polar surface area (TPSA) is 149 Å². The van der Waals surface area contributed by atoms with Gasteiger partial charge in [0.05, 0.1) is 25.1 Å². The standard InChI is InChI=1S/C27H37N5O6/c1-5-18(6-2)9-10-20(33)16-32-13-7-8-19(27(32)38)14-24(35)21(11-12-23(34)26(37)28-3)30-25(36)22-15-29-17-31(22)4/h7-8,13,15,17-18,21H,5-6,9-12,14,16H2,1-4H3,(H,28,37)(H,30,36)/t21-/m0/s1. The lowest BCUT2D eigenvalue weighted by Gasteiger charge is -2.18. The number of nitrogens with one attached hydrogen (secondary N) is 2. The highest BCUT2D eigenvalue weighted by Crippen LogP contribution is 2.15. The van der Waals surface area contributed by atoms with Crippen molar-refractivity contribution in [3.05, 3.63) is 52.5 Å². The number of ketones is 3. The van der Waals surface area contributed by atoms with Gasteiger partial charge in [0.15, 0.2) is 11.6 Å². The monoisotopic (exact) mass is 527 g/mol. The minimum Gasteiger partial charge on any atom is -0.353 e. The molecule has 2 rings (SSSR count). The fraction of sp³-hybridized carbons (Fsp3) is 0.519. The molecular formula is C27H37N5O6. The van der Waals surface area contributed by atoms with Crippen LogP contribution in [-0.2, 0) is 39.2 Å². The van der Waals surface area contributed by atoms with Crippen molar-refractivity contribution < 1.29 is 24.0 Å². The predicted octanol–water partition coefficient (Wildman–Crippen LogP) is 1.37. The lowest BCUT2D eigenvalue weighted by molar-refractivity contribution is -0.137. The molecule has 2 amide bonds. The molecule has 11 nitrogen and oxygen atoms in total. The first kappa shape index (κ1) is 30.3. The molecule has 2 aromatic rings. The smallest absolute Gasteiger partial charge is 0.287 e. The lowest BCUT2D eigenvalue weighted by atomic mass is 9.96. The minimum absolute atomic E-state index is 0.0588. The van der Waals surface area contributed by atoms with Crippen LogP contribution in [0.4, 0.5) is 0 Å². The van der Waals surface area contributed by atoms with Crippen molar-refractivity contribution in [2.45, 2.75) is 71.4 Å². The summed E-state index contributed by atoms with van der Waals surface area (Å²) < 4.78 is 2.76. The molecule has 2 aromatic heterocycles. The SMILES string of the molecule is CCC(CC)CCC(=O)Cn1cccc(CC(=O)[C@H](CCC(=O)C(=O)NC)NC(=O)c2cncn2C)c1=O. The molecule has 0 radical (unpaired) electrons.